The monoisotopic (exact) mass is 1400 g/mol. The first-order valence-corrected chi connectivity index (χ1v) is 40.1. The van der Waals surface area contributed by atoms with Crippen LogP contribution in [0.3, 0.4) is 0 Å². The molecule has 0 saturated heterocycles. The molecule has 5 atom stereocenters. The largest absolute Gasteiger partial charge is 0.472 e. The predicted octanol–water partition coefficient (Wildman–Crippen LogP) is 21.3. The first kappa shape index (κ1) is 92.4. The van der Waals surface area contributed by atoms with E-state index in [1.165, 1.54) is 64.2 Å². The molecule has 0 aliphatic carbocycles. The molecular formula is C79H132O16P2. The summed E-state index contributed by atoms with van der Waals surface area (Å²) in [6, 6.07) is 0. The Morgan fingerprint density at radius 2 is 0.546 bits per heavy atom. The maximum atomic E-state index is 12.9. The molecule has 0 aromatic heterocycles. The lowest BCUT2D eigenvalue weighted by atomic mass is 10.0. The predicted molar refractivity (Wildman–Crippen MR) is 399 cm³/mol. The van der Waals surface area contributed by atoms with E-state index in [9.17, 15) is 43.5 Å². The summed E-state index contributed by atoms with van der Waals surface area (Å²) in [5.41, 5.74) is 0. The summed E-state index contributed by atoms with van der Waals surface area (Å²) >= 11 is 0. The first-order chi connectivity index (χ1) is 47.2. The number of allylic oxidation sites excluding steroid dienone is 24. The molecule has 0 aromatic rings. The molecule has 0 spiro atoms. The van der Waals surface area contributed by atoms with Crippen LogP contribution in [-0.2, 0) is 55.8 Å². The highest BCUT2D eigenvalue weighted by molar-refractivity contribution is 7.47. The lowest BCUT2D eigenvalue weighted by Crippen LogP contribution is -2.30. The van der Waals surface area contributed by atoms with Crippen molar-refractivity contribution in [3.63, 3.8) is 0 Å². The second-order valence-corrected chi connectivity index (χ2v) is 27.2. The molecule has 4 N–H and O–H groups in total. The van der Waals surface area contributed by atoms with E-state index < -0.39 is 91.5 Å². The average Bonchev–Trinajstić information content (AvgIpc) is 1.86. The molecule has 0 rings (SSSR count). The van der Waals surface area contributed by atoms with Crippen LogP contribution in [0, 0.1) is 0 Å². The maximum absolute atomic E-state index is 12.9. The summed E-state index contributed by atoms with van der Waals surface area (Å²) in [6.45, 7) is 2.35. The number of rotatable bonds is 69. The number of unbranched alkanes of at least 4 members (excludes halogenated alkanes) is 22. The van der Waals surface area contributed by atoms with Crippen LogP contribution in [-0.4, -0.2) is 95.9 Å². The molecule has 0 heterocycles. The van der Waals surface area contributed by atoms with Gasteiger partial charge in [0.1, 0.15) is 25.4 Å². The molecule has 18 heteroatoms. The normalized spacial score (nSPS) is 14.9. The van der Waals surface area contributed by atoms with E-state index in [-0.39, 0.29) is 19.3 Å². The summed E-state index contributed by atoms with van der Waals surface area (Å²) in [7, 11) is -9.81. The quantitative estimate of drug-likeness (QED) is 0.0146. The second kappa shape index (κ2) is 71.3. The zero-order chi connectivity index (χ0) is 70.9. The molecule has 0 aromatic carbocycles. The Hall–Kier alpha value is -4.57. The van der Waals surface area contributed by atoms with Crippen molar-refractivity contribution in [1.29, 1.82) is 0 Å². The van der Waals surface area contributed by atoms with Gasteiger partial charge in [0.15, 0.2) is 6.10 Å². The molecular weight excluding hydrogens is 1270 g/mol. The lowest BCUT2D eigenvalue weighted by molar-refractivity contribution is -0.161. The van der Waals surface area contributed by atoms with Gasteiger partial charge in [-0.3, -0.25) is 32.5 Å². The molecule has 0 aliphatic heterocycles. The van der Waals surface area contributed by atoms with Gasteiger partial charge in [-0.2, -0.15) is 0 Å². The Labute approximate surface area is 587 Å². The number of ether oxygens (including phenoxy) is 3. The van der Waals surface area contributed by atoms with Crippen molar-refractivity contribution >= 4 is 33.6 Å². The minimum Gasteiger partial charge on any atom is -0.463 e. The number of aliphatic hydroxyl groups excluding tert-OH is 2. The smallest absolute Gasteiger partial charge is 0.463 e. The molecule has 97 heavy (non-hydrogen) atoms. The van der Waals surface area contributed by atoms with Crippen LogP contribution in [0.1, 0.15) is 278 Å². The molecule has 0 saturated carbocycles. The van der Waals surface area contributed by atoms with Gasteiger partial charge in [0.05, 0.1) is 26.4 Å². The molecule has 5 unspecified atom stereocenters. The highest BCUT2D eigenvalue weighted by Crippen LogP contribution is 2.45. The van der Waals surface area contributed by atoms with Gasteiger partial charge in [0, 0.05) is 19.3 Å². The van der Waals surface area contributed by atoms with Crippen molar-refractivity contribution in [3.8, 4) is 0 Å². The summed E-state index contributed by atoms with van der Waals surface area (Å²) in [6.07, 6.45) is 86.1. The standard InChI is InChI=1S/C79H132O16P2/c1-4-7-10-13-16-19-22-25-28-30-32-33-34-35-36-37-38-39-41-43-45-47-50-53-56-59-62-65-77(82)89-68-74(80)69-91-96(85,86)92-70-75(81)71-93-97(87,88)94-73-76(95-79(84)67-64-61-58-55-52-49-44-27-24-21-18-15-12-9-6-3)72-90-78(83)66-63-60-57-54-51-48-46-42-40-31-29-26-23-20-17-14-11-8-5-2/h7-8,10-11,16-21,25-29,32-33,35-36,40,42,44,48,51,74-76,80-81H,4-6,9,12-15,22-24,30-31,34,37-39,41,43,45-47,49-50,52-73H2,1-3H3,(H,85,86)(H,87,88)/b10-7-,11-8-,19-16-,20-17-,21-18-,28-25-,29-26-,33-32-,36-35-,42-40-,44-27-,51-48-. The first-order valence-electron chi connectivity index (χ1n) is 37.1. The number of aliphatic hydroxyl groups is 2. The van der Waals surface area contributed by atoms with Gasteiger partial charge in [-0.25, -0.2) is 9.13 Å². The number of carbonyl (C=O) groups is 3. The van der Waals surface area contributed by atoms with Crippen molar-refractivity contribution in [3.05, 3.63) is 146 Å². The Balaban J connectivity index is 4.60. The van der Waals surface area contributed by atoms with Crippen molar-refractivity contribution < 1.29 is 75.8 Å². The number of phosphoric acid groups is 2. The van der Waals surface area contributed by atoms with Gasteiger partial charge in [-0.15, -0.1) is 0 Å². The number of esters is 3. The average molecular weight is 1400 g/mol. The molecule has 0 radical (unpaired) electrons. The fraction of sp³-hybridized carbons (Fsp3) is 0.658. The van der Waals surface area contributed by atoms with Gasteiger partial charge in [0.2, 0.25) is 0 Å². The molecule has 0 amide bonds. The summed E-state index contributed by atoms with van der Waals surface area (Å²) in [5.74, 6) is -1.64. The van der Waals surface area contributed by atoms with E-state index >= 15 is 0 Å². The number of hydrogen-bond acceptors (Lipinski definition) is 14. The minimum absolute atomic E-state index is 0.0770. The summed E-state index contributed by atoms with van der Waals surface area (Å²) < 4.78 is 61.0. The van der Waals surface area contributed by atoms with E-state index in [4.69, 9.17) is 32.3 Å². The Morgan fingerprint density at radius 1 is 0.299 bits per heavy atom. The zero-order valence-corrected chi connectivity index (χ0v) is 62.0. The van der Waals surface area contributed by atoms with Crippen LogP contribution in [0.2, 0.25) is 0 Å². The van der Waals surface area contributed by atoms with Crippen LogP contribution in [0.4, 0.5) is 0 Å². The third kappa shape index (κ3) is 72.5. The van der Waals surface area contributed by atoms with Crippen LogP contribution >= 0.6 is 15.6 Å². The summed E-state index contributed by atoms with van der Waals surface area (Å²) in [4.78, 5) is 58.5. The molecule has 554 valence electrons. The van der Waals surface area contributed by atoms with E-state index in [0.717, 1.165) is 154 Å². The van der Waals surface area contributed by atoms with Gasteiger partial charge in [0.25, 0.3) is 0 Å². The number of phosphoric ester groups is 2. The second-order valence-electron chi connectivity index (χ2n) is 24.3. The highest BCUT2D eigenvalue weighted by atomic mass is 31.2. The van der Waals surface area contributed by atoms with E-state index in [0.29, 0.717) is 19.3 Å². The Kier molecular flexibility index (Phi) is 67.9. The van der Waals surface area contributed by atoms with E-state index in [1.807, 2.05) is 0 Å². The zero-order valence-electron chi connectivity index (χ0n) is 60.2. The van der Waals surface area contributed by atoms with E-state index in [1.54, 1.807) is 0 Å². The van der Waals surface area contributed by atoms with Gasteiger partial charge in [-0.05, 0) is 141 Å². The van der Waals surface area contributed by atoms with Crippen LogP contribution in [0.5, 0.6) is 0 Å². The van der Waals surface area contributed by atoms with Gasteiger partial charge >= 0.3 is 33.6 Å². The Morgan fingerprint density at radius 3 is 0.876 bits per heavy atom. The minimum atomic E-state index is -4.94. The van der Waals surface area contributed by atoms with Crippen LogP contribution < -0.4 is 0 Å². The van der Waals surface area contributed by atoms with Crippen molar-refractivity contribution in [1.82, 2.24) is 0 Å². The Bertz CT molecular complexity index is 2350. The lowest BCUT2D eigenvalue weighted by Gasteiger charge is -2.21. The van der Waals surface area contributed by atoms with Gasteiger partial charge in [-0.1, -0.05) is 263 Å². The van der Waals surface area contributed by atoms with Crippen LogP contribution in [0.25, 0.3) is 0 Å². The third-order valence-corrected chi connectivity index (χ3v) is 16.9. The summed E-state index contributed by atoms with van der Waals surface area (Å²) in [5, 5.41) is 20.6. The molecule has 0 aliphatic rings. The molecule has 0 bridgehead atoms. The fourth-order valence-corrected chi connectivity index (χ4v) is 11.0. The number of carbonyl (C=O) groups excluding carboxylic acids is 3. The van der Waals surface area contributed by atoms with Gasteiger partial charge < -0.3 is 34.2 Å². The SMILES string of the molecule is CC/C=C\C/C=C\C/C=C\C/C=C\C/C=C\CCCCCCCCCCCCCC(=O)OCC(O)COP(=O)(O)OCC(O)COP(=O)(O)OCC(COC(=O)CCCCC/C=C\C/C=C\C/C=C\C/C=C\C/C=C\CC)OC(=O)CCCCCCC/C=C\C/C=C\CCCCC. The number of hydrogen-bond donors (Lipinski definition) is 4. The topological polar surface area (TPSA) is 231 Å². The molecule has 0 fully saturated rings. The van der Waals surface area contributed by atoms with E-state index in [2.05, 4.69) is 167 Å². The third-order valence-electron chi connectivity index (χ3n) is 15.0. The highest BCUT2D eigenvalue weighted by Gasteiger charge is 2.29. The van der Waals surface area contributed by atoms with Crippen molar-refractivity contribution in [2.75, 3.05) is 39.6 Å². The van der Waals surface area contributed by atoms with Crippen molar-refractivity contribution in [2.24, 2.45) is 0 Å². The maximum Gasteiger partial charge on any atom is 0.472 e. The van der Waals surface area contributed by atoms with Crippen molar-refractivity contribution in [2.45, 2.75) is 296 Å². The molecule has 16 nitrogen and oxygen atoms in total. The fourth-order valence-electron chi connectivity index (χ4n) is 9.42. The van der Waals surface area contributed by atoms with Crippen LogP contribution in [0.15, 0.2) is 146 Å².